The molecule has 0 aliphatic carbocycles. The van der Waals surface area contributed by atoms with Crippen LogP contribution in [0.1, 0.15) is 5.56 Å². The Balaban J connectivity index is 1.56. The molecule has 0 atom stereocenters. The van der Waals surface area contributed by atoms with Gasteiger partial charge in [0, 0.05) is 11.6 Å². The van der Waals surface area contributed by atoms with Crippen molar-refractivity contribution in [2.24, 2.45) is 0 Å². The lowest BCUT2D eigenvalue weighted by molar-refractivity contribution is 0.309. The van der Waals surface area contributed by atoms with Crippen molar-refractivity contribution in [3.8, 4) is 22.6 Å². The van der Waals surface area contributed by atoms with Crippen LogP contribution in [0.3, 0.4) is 0 Å². The quantitative estimate of drug-likeness (QED) is 0.545. The van der Waals surface area contributed by atoms with Crippen LogP contribution >= 0.6 is 11.6 Å². The van der Waals surface area contributed by atoms with E-state index in [0.29, 0.717) is 34.4 Å². The highest BCUT2D eigenvalue weighted by molar-refractivity contribution is 6.33. The molecule has 0 aliphatic heterocycles. The van der Waals surface area contributed by atoms with Crippen LogP contribution in [0.4, 0.5) is 5.82 Å². The average Bonchev–Trinajstić information content (AvgIpc) is 3.15. The number of H-pyrrole nitrogens is 1. The maximum absolute atomic E-state index is 6.34. The maximum atomic E-state index is 6.34. The average molecular weight is 382 g/mol. The molecular weight excluding hydrogens is 366 g/mol. The number of fused-ring (bicyclic) bond motifs is 1. The summed E-state index contributed by atoms with van der Waals surface area (Å²) < 4.78 is 11.3. The van der Waals surface area contributed by atoms with Crippen LogP contribution < -0.4 is 15.2 Å². The molecule has 136 valence electrons. The number of pyridine rings is 1. The van der Waals surface area contributed by atoms with Crippen molar-refractivity contribution in [1.82, 2.24) is 20.4 Å². The van der Waals surface area contributed by atoms with Crippen LogP contribution in [0.2, 0.25) is 5.02 Å². The third-order valence-corrected chi connectivity index (χ3v) is 4.43. The summed E-state index contributed by atoms with van der Waals surface area (Å²) in [5.74, 6) is 1.60. The second-order valence-electron chi connectivity index (χ2n) is 5.86. The molecule has 3 N–H and O–H groups in total. The number of methoxy groups -OCH3 is 1. The molecule has 0 amide bonds. The van der Waals surface area contributed by atoms with Crippen molar-refractivity contribution in [2.45, 2.75) is 6.61 Å². The third kappa shape index (κ3) is 3.37. The molecule has 7 nitrogen and oxygen atoms in total. The summed E-state index contributed by atoms with van der Waals surface area (Å²) in [5.41, 5.74) is 9.63. The number of ether oxygens (including phenoxy) is 2. The van der Waals surface area contributed by atoms with Gasteiger partial charge in [-0.25, -0.2) is 10.1 Å². The minimum absolute atomic E-state index is 0.338. The van der Waals surface area contributed by atoms with E-state index in [1.54, 1.807) is 13.2 Å². The molecule has 0 bridgehead atoms. The summed E-state index contributed by atoms with van der Waals surface area (Å²) in [6.07, 6.45) is 0. The molecule has 27 heavy (non-hydrogen) atoms. The minimum atomic E-state index is 0.338. The van der Waals surface area contributed by atoms with Gasteiger partial charge < -0.3 is 15.2 Å². The van der Waals surface area contributed by atoms with Gasteiger partial charge in [0.2, 0.25) is 0 Å². The number of nitrogens with one attached hydrogen (secondary N) is 1. The molecule has 2 heterocycles. The number of nitrogens with two attached hydrogens (primary N) is 1. The summed E-state index contributed by atoms with van der Waals surface area (Å²) in [6, 6.07) is 15.1. The van der Waals surface area contributed by atoms with E-state index in [0.717, 1.165) is 22.4 Å². The molecule has 0 unspecified atom stereocenters. The van der Waals surface area contributed by atoms with Gasteiger partial charge in [-0.2, -0.15) is 0 Å². The lowest BCUT2D eigenvalue weighted by atomic mass is 10.0. The molecule has 0 saturated heterocycles. The number of rotatable bonds is 5. The Morgan fingerprint density at radius 2 is 1.93 bits per heavy atom. The molecule has 0 spiro atoms. The molecule has 4 rings (SSSR count). The first-order valence-corrected chi connectivity index (χ1v) is 8.55. The second-order valence-corrected chi connectivity index (χ2v) is 6.26. The van der Waals surface area contributed by atoms with Crippen molar-refractivity contribution < 1.29 is 9.47 Å². The molecule has 2 aromatic carbocycles. The normalized spacial score (nSPS) is 10.9. The van der Waals surface area contributed by atoms with E-state index in [2.05, 4.69) is 20.4 Å². The van der Waals surface area contributed by atoms with Crippen molar-refractivity contribution in [3.63, 3.8) is 0 Å². The van der Waals surface area contributed by atoms with E-state index < -0.39 is 0 Å². The molecule has 0 saturated carbocycles. The maximum Gasteiger partial charge on any atom is 0.181 e. The van der Waals surface area contributed by atoms with Gasteiger partial charge in [-0.05, 0) is 23.3 Å². The van der Waals surface area contributed by atoms with Crippen LogP contribution in [0.25, 0.3) is 22.3 Å². The largest absolute Gasteiger partial charge is 0.496 e. The van der Waals surface area contributed by atoms with E-state index in [4.69, 9.17) is 26.8 Å². The lowest BCUT2D eigenvalue weighted by Gasteiger charge is -2.12. The molecule has 4 aromatic rings. The first-order chi connectivity index (χ1) is 13.2. The predicted molar refractivity (Wildman–Crippen MR) is 104 cm³/mol. The smallest absolute Gasteiger partial charge is 0.181 e. The van der Waals surface area contributed by atoms with E-state index in [9.17, 15) is 0 Å². The predicted octanol–water partition coefficient (Wildman–Crippen LogP) is 3.84. The molecular formula is C19H16ClN5O2. The van der Waals surface area contributed by atoms with Gasteiger partial charge in [0.1, 0.15) is 18.2 Å². The number of hydrogen-bond donors (Lipinski definition) is 2. The molecule has 8 heteroatoms. The summed E-state index contributed by atoms with van der Waals surface area (Å²) >= 11 is 6.34. The van der Waals surface area contributed by atoms with Gasteiger partial charge in [0.05, 0.1) is 12.1 Å². The summed E-state index contributed by atoms with van der Waals surface area (Å²) in [4.78, 5) is 4.11. The summed E-state index contributed by atoms with van der Waals surface area (Å²) in [7, 11) is 1.63. The minimum Gasteiger partial charge on any atom is -0.496 e. The zero-order valence-corrected chi connectivity index (χ0v) is 15.2. The van der Waals surface area contributed by atoms with Crippen LogP contribution in [0.15, 0.2) is 48.5 Å². The Labute approximate surface area is 160 Å². The Morgan fingerprint density at radius 3 is 2.70 bits per heavy atom. The molecule has 0 radical (unpaired) electrons. The van der Waals surface area contributed by atoms with E-state index in [1.807, 2.05) is 42.5 Å². The number of halogens is 1. The number of nitrogens with zero attached hydrogens (tertiary/aromatic N) is 3. The van der Waals surface area contributed by atoms with Crippen LogP contribution in [-0.4, -0.2) is 27.5 Å². The number of nitrogen functional groups attached to an aromatic ring is 1. The van der Waals surface area contributed by atoms with Crippen molar-refractivity contribution in [2.75, 3.05) is 12.8 Å². The number of aromatic nitrogens is 4. The molecule has 0 fully saturated rings. The highest BCUT2D eigenvalue weighted by Gasteiger charge is 2.11. The van der Waals surface area contributed by atoms with Crippen molar-refractivity contribution in [1.29, 1.82) is 0 Å². The van der Waals surface area contributed by atoms with Gasteiger partial charge >= 0.3 is 0 Å². The molecule has 0 aliphatic rings. The fraction of sp³-hybridized carbons (Fsp3) is 0.105. The number of benzene rings is 2. The third-order valence-electron chi connectivity index (χ3n) is 4.12. The van der Waals surface area contributed by atoms with E-state index in [-0.39, 0.29) is 0 Å². The summed E-state index contributed by atoms with van der Waals surface area (Å²) in [6.45, 7) is 0.353. The second kappa shape index (κ2) is 7.13. The number of anilines is 1. The Morgan fingerprint density at radius 1 is 1.11 bits per heavy atom. The number of hydrogen-bond acceptors (Lipinski definition) is 6. The first kappa shape index (κ1) is 17.1. The van der Waals surface area contributed by atoms with Crippen molar-refractivity contribution >= 4 is 28.6 Å². The number of aromatic amines is 1. The topological polar surface area (TPSA) is 98.9 Å². The Bertz CT molecular complexity index is 1100. The Hall–Kier alpha value is -3.32. The zero-order chi connectivity index (χ0) is 18.8. The fourth-order valence-corrected chi connectivity index (χ4v) is 3.10. The van der Waals surface area contributed by atoms with E-state index >= 15 is 0 Å². The van der Waals surface area contributed by atoms with E-state index in [1.165, 1.54) is 0 Å². The fourth-order valence-electron chi connectivity index (χ4n) is 2.82. The van der Waals surface area contributed by atoms with Crippen LogP contribution in [0, 0.1) is 0 Å². The van der Waals surface area contributed by atoms with Gasteiger partial charge in [0.25, 0.3) is 0 Å². The van der Waals surface area contributed by atoms with Crippen LogP contribution in [0.5, 0.6) is 11.5 Å². The zero-order valence-electron chi connectivity index (χ0n) is 14.4. The first-order valence-electron chi connectivity index (χ1n) is 8.17. The highest BCUT2D eigenvalue weighted by Crippen LogP contribution is 2.36. The van der Waals surface area contributed by atoms with Gasteiger partial charge in [-0.3, -0.25) is 0 Å². The summed E-state index contributed by atoms with van der Waals surface area (Å²) in [5, 5.41) is 11.0. The van der Waals surface area contributed by atoms with Crippen LogP contribution in [-0.2, 0) is 6.61 Å². The Kier molecular flexibility index (Phi) is 4.52. The van der Waals surface area contributed by atoms with Gasteiger partial charge in [0.15, 0.2) is 16.9 Å². The van der Waals surface area contributed by atoms with Gasteiger partial charge in [-0.1, -0.05) is 47.1 Å². The highest BCUT2D eigenvalue weighted by atomic mass is 35.5. The lowest BCUT2D eigenvalue weighted by Crippen LogP contribution is -1.99. The van der Waals surface area contributed by atoms with Gasteiger partial charge in [-0.15, -0.1) is 5.10 Å². The van der Waals surface area contributed by atoms with Crippen molar-refractivity contribution in [3.05, 3.63) is 59.1 Å². The monoisotopic (exact) mass is 381 g/mol. The standard InChI is InChI=1S/C19H16ClN5O2/c1-26-14-4-2-3-13(20)17(14)12-7-5-11(6-8-12)10-27-15-9-16(21)22-19-18(15)23-25-24-19/h2-9H,10H2,1H3,(H3,21,22,23,24,25). The molecule has 2 aromatic heterocycles. The SMILES string of the molecule is COc1cccc(Cl)c1-c1ccc(COc2cc(N)nc3[nH]nnc23)cc1.